The minimum Gasteiger partial charge on any atom is -0.387 e. The van der Waals surface area contributed by atoms with Crippen LogP contribution in [-0.4, -0.2) is 77.0 Å². The van der Waals surface area contributed by atoms with Crippen molar-refractivity contribution >= 4 is 0 Å². The van der Waals surface area contributed by atoms with Crippen LogP contribution in [0, 0.1) is 0 Å². The lowest BCUT2D eigenvalue weighted by atomic mass is 9.66. The molecule has 3 heterocycles. The zero-order chi connectivity index (χ0) is 15.6. The van der Waals surface area contributed by atoms with Crippen LogP contribution in [0.15, 0.2) is 0 Å². The molecule has 0 saturated carbocycles. The van der Waals surface area contributed by atoms with Gasteiger partial charge in [0.2, 0.25) is 0 Å². The van der Waals surface area contributed by atoms with Crippen molar-refractivity contribution in [2.75, 3.05) is 14.2 Å². The van der Waals surface area contributed by atoms with E-state index in [2.05, 4.69) is 0 Å². The number of aliphatic hydroxyl groups excluding tert-OH is 2. The van der Waals surface area contributed by atoms with Gasteiger partial charge in [-0.25, -0.2) is 0 Å². The quantitative estimate of drug-likeness (QED) is 0.612. The first-order valence-electron chi connectivity index (χ1n) is 7.26. The van der Waals surface area contributed by atoms with Crippen molar-refractivity contribution in [3.63, 3.8) is 0 Å². The van der Waals surface area contributed by atoms with Gasteiger partial charge in [-0.15, -0.1) is 0 Å². The van der Waals surface area contributed by atoms with Crippen LogP contribution < -0.4 is 0 Å². The summed E-state index contributed by atoms with van der Waals surface area (Å²) < 4.78 is 22.4. The highest BCUT2D eigenvalue weighted by Crippen LogP contribution is 2.60. The molecule has 0 aromatic carbocycles. The van der Waals surface area contributed by atoms with Crippen LogP contribution in [0.4, 0.5) is 0 Å². The summed E-state index contributed by atoms with van der Waals surface area (Å²) in [5.74, 6) is 0. The Morgan fingerprint density at radius 2 is 1.90 bits per heavy atom. The van der Waals surface area contributed by atoms with Crippen molar-refractivity contribution in [1.29, 1.82) is 0 Å². The summed E-state index contributed by atoms with van der Waals surface area (Å²) in [6.07, 6.45) is -3.35. The molecule has 0 amide bonds. The molecular weight excluding hydrogens is 280 g/mol. The molecule has 3 saturated heterocycles. The second kappa shape index (κ2) is 4.61. The van der Waals surface area contributed by atoms with Gasteiger partial charge in [-0.2, -0.15) is 0 Å². The average molecular weight is 304 g/mol. The van der Waals surface area contributed by atoms with E-state index in [1.165, 1.54) is 14.2 Å². The van der Waals surface area contributed by atoms with E-state index in [0.29, 0.717) is 6.42 Å². The highest BCUT2D eigenvalue weighted by Gasteiger charge is 2.80. The average Bonchev–Trinajstić information content (AvgIpc) is 2.61. The molecule has 3 rings (SSSR count). The van der Waals surface area contributed by atoms with E-state index in [0.717, 1.165) is 0 Å². The molecule has 7 heteroatoms. The van der Waals surface area contributed by atoms with Crippen LogP contribution in [0.2, 0.25) is 0 Å². The molecule has 3 aliphatic heterocycles. The maximum Gasteiger partial charge on any atom is 0.158 e. The summed E-state index contributed by atoms with van der Waals surface area (Å²) in [7, 11) is 3.00. The summed E-state index contributed by atoms with van der Waals surface area (Å²) in [5, 5.41) is 32.1. The standard InChI is InChI=1S/C14H24O7/c1-7-14(17)12(2)11(16)8(18-3)5-9(21-12)13(14,19-4)6-10(15)20-7/h7-11,15-17H,5-6H2,1-4H3. The zero-order valence-electron chi connectivity index (χ0n) is 12.8. The normalized spacial score (nSPS) is 59.9. The molecule has 0 radical (unpaired) electrons. The highest BCUT2D eigenvalue weighted by atomic mass is 16.7. The third kappa shape index (κ3) is 1.57. The second-order valence-electron chi connectivity index (χ2n) is 6.47. The predicted molar refractivity (Wildman–Crippen MR) is 70.6 cm³/mol. The molecule has 122 valence electrons. The molecule has 0 aliphatic carbocycles. The third-order valence-electron chi connectivity index (χ3n) is 5.77. The Labute approximate surface area is 123 Å². The molecule has 0 spiro atoms. The van der Waals surface area contributed by atoms with Gasteiger partial charge >= 0.3 is 0 Å². The lowest BCUT2D eigenvalue weighted by molar-refractivity contribution is -0.324. The van der Waals surface area contributed by atoms with Crippen LogP contribution in [0.1, 0.15) is 26.7 Å². The smallest absolute Gasteiger partial charge is 0.158 e. The van der Waals surface area contributed by atoms with Gasteiger partial charge in [0.15, 0.2) is 11.9 Å². The van der Waals surface area contributed by atoms with Crippen molar-refractivity contribution in [2.45, 2.75) is 74.2 Å². The van der Waals surface area contributed by atoms with Gasteiger partial charge in [-0.1, -0.05) is 0 Å². The van der Waals surface area contributed by atoms with Crippen LogP contribution >= 0.6 is 0 Å². The largest absolute Gasteiger partial charge is 0.387 e. The van der Waals surface area contributed by atoms with E-state index >= 15 is 0 Å². The minimum absolute atomic E-state index is 0.0771. The molecule has 2 bridgehead atoms. The van der Waals surface area contributed by atoms with Crippen LogP contribution in [0.5, 0.6) is 0 Å². The Morgan fingerprint density at radius 1 is 1.24 bits per heavy atom. The van der Waals surface area contributed by atoms with Crippen LogP contribution in [0.3, 0.4) is 0 Å². The highest BCUT2D eigenvalue weighted by molar-refractivity contribution is 5.29. The Hall–Kier alpha value is -0.280. The summed E-state index contributed by atoms with van der Waals surface area (Å²) >= 11 is 0. The van der Waals surface area contributed by atoms with E-state index in [4.69, 9.17) is 18.9 Å². The van der Waals surface area contributed by atoms with Crippen molar-refractivity contribution < 1.29 is 34.3 Å². The fourth-order valence-corrected chi connectivity index (χ4v) is 4.65. The molecule has 3 N–H and O–H groups in total. The molecule has 8 atom stereocenters. The SMILES string of the molecule is COC1CC2OC(C)(C1O)C1(O)C(C)OC(O)CC21OC. The van der Waals surface area contributed by atoms with E-state index in [1.54, 1.807) is 13.8 Å². The summed E-state index contributed by atoms with van der Waals surface area (Å²) in [6.45, 7) is 3.30. The number of aliphatic hydroxyl groups is 3. The first-order valence-corrected chi connectivity index (χ1v) is 7.26. The molecule has 3 aliphatic rings. The third-order valence-corrected chi connectivity index (χ3v) is 5.77. The molecule has 21 heavy (non-hydrogen) atoms. The number of ether oxygens (including phenoxy) is 4. The Kier molecular flexibility index (Phi) is 3.43. The van der Waals surface area contributed by atoms with E-state index in [9.17, 15) is 15.3 Å². The zero-order valence-corrected chi connectivity index (χ0v) is 12.8. The fraction of sp³-hybridized carbons (Fsp3) is 1.00. The fourth-order valence-electron chi connectivity index (χ4n) is 4.65. The number of hydrogen-bond acceptors (Lipinski definition) is 7. The first kappa shape index (κ1) is 15.6. The number of hydrogen-bond donors (Lipinski definition) is 3. The molecule has 7 nitrogen and oxygen atoms in total. The van der Waals surface area contributed by atoms with Gasteiger partial charge in [0.1, 0.15) is 17.3 Å². The first-order chi connectivity index (χ1) is 9.76. The van der Waals surface area contributed by atoms with Crippen molar-refractivity contribution in [3.05, 3.63) is 0 Å². The number of fused-ring (bicyclic) bond motifs is 5. The van der Waals surface area contributed by atoms with Crippen molar-refractivity contribution in [1.82, 2.24) is 0 Å². The molecular formula is C14H24O7. The van der Waals surface area contributed by atoms with Gasteiger partial charge in [0, 0.05) is 27.1 Å². The number of methoxy groups -OCH3 is 2. The maximum absolute atomic E-state index is 11.5. The minimum atomic E-state index is -1.59. The summed E-state index contributed by atoms with van der Waals surface area (Å²) in [6, 6.07) is 0. The maximum atomic E-state index is 11.5. The van der Waals surface area contributed by atoms with Crippen molar-refractivity contribution in [3.8, 4) is 0 Å². The van der Waals surface area contributed by atoms with E-state index in [1.807, 2.05) is 0 Å². The Bertz CT molecular complexity index is 432. The number of rotatable bonds is 2. The molecule has 8 unspecified atom stereocenters. The molecule has 0 aromatic rings. The Morgan fingerprint density at radius 3 is 2.48 bits per heavy atom. The van der Waals surface area contributed by atoms with Gasteiger partial charge < -0.3 is 34.3 Å². The monoisotopic (exact) mass is 304 g/mol. The summed E-state index contributed by atoms with van der Waals surface area (Å²) in [5.41, 5.74) is -4.04. The lowest BCUT2D eigenvalue weighted by Crippen LogP contribution is -2.75. The van der Waals surface area contributed by atoms with E-state index in [-0.39, 0.29) is 6.42 Å². The van der Waals surface area contributed by atoms with E-state index < -0.39 is 47.5 Å². The Balaban J connectivity index is 2.16. The predicted octanol–water partition coefficient (Wildman–Crippen LogP) is -0.833. The molecule has 3 fully saturated rings. The topological polar surface area (TPSA) is 97.6 Å². The van der Waals surface area contributed by atoms with Crippen LogP contribution in [-0.2, 0) is 18.9 Å². The van der Waals surface area contributed by atoms with Gasteiger partial charge in [0.25, 0.3) is 0 Å². The lowest BCUT2D eigenvalue weighted by Gasteiger charge is -2.54. The van der Waals surface area contributed by atoms with Crippen LogP contribution in [0.25, 0.3) is 0 Å². The van der Waals surface area contributed by atoms with Crippen molar-refractivity contribution in [2.24, 2.45) is 0 Å². The summed E-state index contributed by atoms with van der Waals surface area (Å²) in [4.78, 5) is 0. The molecule has 0 aromatic heterocycles. The van der Waals surface area contributed by atoms with Gasteiger partial charge in [-0.3, -0.25) is 0 Å². The van der Waals surface area contributed by atoms with Gasteiger partial charge in [0.05, 0.1) is 18.3 Å². The second-order valence-corrected chi connectivity index (χ2v) is 6.47. The van der Waals surface area contributed by atoms with Gasteiger partial charge in [-0.05, 0) is 13.8 Å².